The monoisotopic (exact) mass is 308 g/mol. The molecular weight excluding hydrogens is 292 g/mol. The number of carbonyl (C=O) groups is 2. The lowest BCUT2D eigenvalue weighted by molar-refractivity contribution is 0.1000. The van der Waals surface area contributed by atoms with Gasteiger partial charge in [-0.15, -0.1) is 22.7 Å². The summed E-state index contributed by atoms with van der Waals surface area (Å²) in [5.74, 6) is -0.0655. The highest BCUT2D eigenvalue weighted by molar-refractivity contribution is 7.14. The third-order valence-corrected chi connectivity index (χ3v) is 4.65. The first kappa shape index (κ1) is 14.7. The summed E-state index contributed by atoms with van der Waals surface area (Å²) in [6, 6.07) is 5.41. The van der Waals surface area contributed by atoms with E-state index in [0.29, 0.717) is 21.4 Å². The van der Waals surface area contributed by atoms with E-state index in [2.05, 4.69) is 19.2 Å². The lowest BCUT2D eigenvalue weighted by Crippen LogP contribution is -2.10. The number of anilines is 1. The molecule has 0 fully saturated rings. The quantitative estimate of drug-likeness (QED) is 0.889. The van der Waals surface area contributed by atoms with Gasteiger partial charge in [-0.1, -0.05) is 13.8 Å². The van der Waals surface area contributed by atoms with Gasteiger partial charge in [-0.3, -0.25) is 9.59 Å². The molecule has 3 N–H and O–H groups in total. The number of hydrogen-bond donors (Lipinski definition) is 2. The second-order valence-electron chi connectivity index (χ2n) is 4.88. The number of amides is 2. The van der Waals surface area contributed by atoms with Crippen molar-refractivity contribution < 1.29 is 9.59 Å². The van der Waals surface area contributed by atoms with Crippen LogP contribution < -0.4 is 11.1 Å². The maximum Gasteiger partial charge on any atom is 0.265 e. The molecule has 0 atom stereocenters. The molecule has 0 aliphatic carbocycles. The van der Waals surface area contributed by atoms with Crippen LogP contribution in [0, 0.1) is 5.92 Å². The van der Waals surface area contributed by atoms with Gasteiger partial charge in [0.15, 0.2) is 0 Å². The smallest absolute Gasteiger partial charge is 0.265 e. The molecule has 0 saturated carbocycles. The number of nitrogens with two attached hydrogens (primary N) is 1. The summed E-state index contributed by atoms with van der Waals surface area (Å²) in [6.07, 6.45) is 0.974. The molecule has 2 aromatic heterocycles. The zero-order valence-corrected chi connectivity index (χ0v) is 12.9. The molecule has 0 aliphatic rings. The predicted octanol–water partition coefficient (Wildman–Crippen LogP) is 3.36. The van der Waals surface area contributed by atoms with Crippen LogP contribution in [0.1, 0.15) is 38.1 Å². The van der Waals surface area contributed by atoms with E-state index >= 15 is 0 Å². The van der Waals surface area contributed by atoms with Gasteiger partial charge in [-0.25, -0.2) is 0 Å². The van der Waals surface area contributed by atoms with Crippen molar-refractivity contribution in [2.45, 2.75) is 20.3 Å². The molecule has 2 rings (SSSR count). The van der Waals surface area contributed by atoms with E-state index in [1.807, 2.05) is 12.1 Å². The number of thiophene rings is 2. The summed E-state index contributed by atoms with van der Waals surface area (Å²) in [5, 5.41) is 4.48. The predicted molar refractivity (Wildman–Crippen MR) is 83.7 cm³/mol. The second kappa shape index (κ2) is 6.19. The highest BCUT2D eigenvalue weighted by Gasteiger charge is 2.12. The van der Waals surface area contributed by atoms with E-state index in [-0.39, 0.29) is 5.91 Å². The Balaban J connectivity index is 2.03. The molecule has 106 valence electrons. The zero-order valence-electron chi connectivity index (χ0n) is 11.3. The molecule has 0 bridgehead atoms. The Morgan fingerprint density at radius 3 is 2.65 bits per heavy atom. The van der Waals surface area contributed by atoms with Crippen molar-refractivity contribution in [3.63, 3.8) is 0 Å². The topological polar surface area (TPSA) is 72.2 Å². The van der Waals surface area contributed by atoms with Gasteiger partial charge in [0.25, 0.3) is 11.8 Å². The molecular formula is C14H16N2O2S2. The zero-order chi connectivity index (χ0) is 14.7. The summed E-state index contributed by atoms with van der Waals surface area (Å²) in [6.45, 7) is 4.30. The highest BCUT2D eigenvalue weighted by Crippen LogP contribution is 2.23. The molecule has 2 aromatic rings. The third kappa shape index (κ3) is 3.68. The van der Waals surface area contributed by atoms with Gasteiger partial charge in [0.1, 0.15) is 0 Å². The Hall–Kier alpha value is -1.66. The van der Waals surface area contributed by atoms with Crippen LogP contribution in [0.3, 0.4) is 0 Å². The number of nitrogens with one attached hydrogen (secondary N) is 1. The van der Waals surface area contributed by atoms with Gasteiger partial charge in [0.2, 0.25) is 0 Å². The fraction of sp³-hybridized carbons (Fsp3) is 0.286. The maximum atomic E-state index is 12.1. The van der Waals surface area contributed by atoms with Gasteiger partial charge in [-0.05, 0) is 30.5 Å². The van der Waals surface area contributed by atoms with Crippen LogP contribution >= 0.6 is 22.7 Å². The second-order valence-corrected chi connectivity index (χ2v) is 6.96. The molecule has 0 spiro atoms. The van der Waals surface area contributed by atoms with Gasteiger partial charge < -0.3 is 11.1 Å². The van der Waals surface area contributed by atoms with Gasteiger partial charge in [0, 0.05) is 10.3 Å². The minimum Gasteiger partial charge on any atom is -0.365 e. The van der Waals surface area contributed by atoms with Crippen molar-refractivity contribution in [2.24, 2.45) is 11.7 Å². The summed E-state index contributed by atoms with van der Waals surface area (Å²) in [5.41, 5.74) is 5.78. The number of rotatable bonds is 5. The van der Waals surface area contributed by atoms with E-state index in [9.17, 15) is 9.59 Å². The molecule has 0 radical (unpaired) electrons. The van der Waals surface area contributed by atoms with E-state index in [1.165, 1.54) is 27.6 Å². The number of hydrogen-bond acceptors (Lipinski definition) is 4. The summed E-state index contributed by atoms with van der Waals surface area (Å²) in [4.78, 5) is 25.4. The molecule has 4 nitrogen and oxygen atoms in total. The van der Waals surface area contributed by atoms with Crippen LogP contribution in [0.25, 0.3) is 0 Å². The average Bonchev–Trinajstić information content (AvgIpc) is 2.97. The van der Waals surface area contributed by atoms with Crippen molar-refractivity contribution in [2.75, 3.05) is 5.32 Å². The van der Waals surface area contributed by atoms with Crippen LogP contribution in [0.2, 0.25) is 0 Å². The van der Waals surface area contributed by atoms with Crippen molar-refractivity contribution in [1.82, 2.24) is 0 Å². The maximum absolute atomic E-state index is 12.1. The third-order valence-electron chi connectivity index (χ3n) is 2.60. The van der Waals surface area contributed by atoms with Crippen LogP contribution in [0.4, 0.5) is 5.69 Å². The van der Waals surface area contributed by atoms with Crippen LogP contribution in [-0.4, -0.2) is 11.8 Å². The Kier molecular flexibility index (Phi) is 4.57. The molecule has 0 unspecified atom stereocenters. The SMILES string of the molecule is CC(C)Cc1ccc(C(=O)Nc2csc(C(N)=O)c2)s1. The molecule has 0 aromatic carbocycles. The average molecular weight is 308 g/mol. The van der Waals surface area contributed by atoms with E-state index in [0.717, 1.165) is 6.42 Å². The molecule has 20 heavy (non-hydrogen) atoms. The summed E-state index contributed by atoms with van der Waals surface area (Å²) < 4.78 is 0. The van der Waals surface area contributed by atoms with Crippen LogP contribution in [0.15, 0.2) is 23.6 Å². The molecule has 6 heteroatoms. The Labute approximate surface area is 125 Å². The van der Waals surface area contributed by atoms with E-state index in [1.54, 1.807) is 11.4 Å². The molecule has 0 saturated heterocycles. The molecule has 2 heterocycles. The highest BCUT2D eigenvalue weighted by atomic mass is 32.1. The van der Waals surface area contributed by atoms with Crippen molar-refractivity contribution in [1.29, 1.82) is 0 Å². The largest absolute Gasteiger partial charge is 0.365 e. The van der Waals surface area contributed by atoms with Crippen LogP contribution in [0.5, 0.6) is 0 Å². The lowest BCUT2D eigenvalue weighted by atomic mass is 10.1. The minimum absolute atomic E-state index is 0.154. The van der Waals surface area contributed by atoms with E-state index in [4.69, 9.17) is 5.73 Å². The van der Waals surface area contributed by atoms with Gasteiger partial charge in [0.05, 0.1) is 15.4 Å². The first-order valence-corrected chi connectivity index (χ1v) is 7.93. The number of carbonyl (C=O) groups excluding carboxylic acids is 2. The Bertz CT molecular complexity index is 629. The fourth-order valence-electron chi connectivity index (χ4n) is 1.74. The number of primary amides is 1. The first-order chi connectivity index (χ1) is 9.45. The van der Waals surface area contributed by atoms with Crippen molar-refractivity contribution >= 4 is 40.2 Å². The first-order valence-electron chi connectivity index (χ1n) is 6.24. The van der Waals surface area contributed by atoms with Crippen molar-refractivity contribution in [3.05, 3.63) is 38.2 Å². The Morgan fingerprint density at radius 1 is 1.30 bits per heavy atom. The lowest BCUT2D eigenvalue weighted by Gasteiger charge is -2.01. The fourth-order valence-corrected chi connectivity index (χ4v) is 3.54. The van der Waals surface area contributed by atoms with Crippen LogP contribution in [-0.2, 0) is 6.42 Å². The van der Waals surface area contributed by atoms with Gasteiger partial charge >= 0.3 is 0 Å². The summed E-state index contributed by atoms with van der Waals surface area (Å²) in [7, 11) is 0. The minimum atomic E-state index is -0.481. The summed E-state index contributed by atoms with van der Waals surface area (Å²) >= 11 is 2.72. The molecule has 0 aliphatic heterocycles. The normalized spacial score (nSPS) is 10.8. The molecule has 2 amide bonds. The van der Waals surface area contributed by atoms with E-state index < -0.39 is 5.91 Å². The van der Waals surface area contributed by atoms with Gasteiger partial charge in [-0.2, -0.15) is 0 Å². The standard InChI is InChI=1S/C14H16N2O2S2/c1-8(2)5-10-3-4-11(20-10)14(18)16-9-6-12(13(15)17)19-7-9/h3-4,6-8H,5H2,1-2H3,(H2,15,17)(H,16,18). The van der Waals surface area contributed by atoms with Crippen molar-refractivity contribution in [3.8, 4) is 0 Å². The Morgan fingerprint density at radius 2 is 2.05 bits per heavy atom.